The highest BCUT2D eigenvalue weighted by molar-refractivity contribution is 5.83. The number of amides is 1. The van der Waals surface area contributed by atoms with Crippen molar-refractivity contribution < 1.29 is 9.63 Å². The van der Waals surface area contributed by atoms with E-state index in [1.165, 1.54) is 0 Å². The molecule has 0 aliphatic rings. The van der Waals surface area contributed by atoms with Crippen molar-refractivity contribution in [3.63, 3.8) is 0 Å². The fourth-order valence-corrected chi connectivity index (χ4v) is 1.32. The molecule has 0 aliphatic heterocycles. The summed E-state index contributed by atoms with van der Waals surface area (Å²) in [6, 6.07) is 0. The Hall–Kier alpha value is -1.06. The van der Waals surface area contributed by atoms with Gasteiger partial charge in [0.2, 0.25) is 5.91 Å². The van der Waals surface area contributed by atoms with Gasteiger partial charge in [-0.2, -0.15) is 0 Å². The Morgan fingerprint density at radius 1 is 0.840 bits per heavy atom. The normalized spacial score (nSPS) is 7.64. The number of hydrogen-bond donors (Lipinski definition) is 1. The number of carbonyl (C=O) groups is 1. The number of carbonyl (C=O) groups excluding carboxylic acids is 1. The number of unbranched alkanes of at least 4 members (excludes halogenated alkanes) is 1. The van der Waals surface area contributed by atoms with E-state index < -0.39 is 0 Å². The highest BCUT2D eigenvalue weighted by Gasteiger charge is 1.99. The van der Waals surface area contributed by atoms with Gasteiger partial charge in [-0.3, -0.25) is 4.79 Å². The molecule has 0 saturated heterocycles. The minimum atomic E-state index is 0.137. The molecule has 0 aromatic rings. The molecule has 0 fully saturated rings. The smallest absolute Gasteiger partial charge is 0.219 e. The van der Waals surface area contributed by atoms with Crippen molar-refractivity contribution in [2.75, 3.05) is 13.2 Å². The van der Waals surface area contributed by atoms with Crippen molar-refractivity contribution in [1.29, 1.82) is 0 Å². The second-order valence-corrected chi connectivity index (χ2v) is 4.00. The van der Waals surface area contributed by atoms with Crippen molar-refractivity contribution >= 4 is 11.6 Å². The van der Waals surface area contributed by atoms with Gasteiger partial charge in [-0.15, -0.1) is 0 Å². The van der Waals surface area contributed by atoms with Crippen LogP contribution in [0.2, 0.25) is 0 Å². The summed E-state index contributed by atoms with van der Waals surface area (Å²) in [5, 5.41) is 6.90. The van der Waals surface area contributed by atoms with Gasteiger partial charge >= 0.3 is 0 Å². The number of nitrogens with one attached hydrogen (secondary N) is 1. The van der Waals surface area contributed by atoms with Crippen molar-refractivity contribution in [2.45, 2.75) is 115 Å². The van der Waals surface area contributed by atoms with Crippen LogP contribution in [-0.4, -0.2) is 24.8 Å². The summed E-state index contributed by atoms with van der Waals surface area (Å²) in [5.41, 5.74) is 1.09. The molecule has 0 saturated carbocycles. The van der Waals surface area contributed by atoms with Gasteiger partial charge in [0.1, 0.15) is 6.61 Å². The summed E-state index contributed by atoms with van der Waals surface area (Å²) in [7, 11) is 0. The molecule has 0 rings (SSSR count). The molecule has 0 radical (unpaired) electrons. The first kappa shape index (κ1) is 35.1. The Morgan fingerprint density at radius 2 is 1.32 bits per heavy atom. The van der Waals surface area contributed by atoms with E-state index in [1.807, 2.05) is 62.3 Å². The van der Waals surface area contributed by atoms with Gasteiger partial charge in [0.15, 0.2) is 0 Å². The monoisotopic (exact) mass is 362 g/mol. The lowest BCUT2D eigenvalue weighted by Gasteiger charge is -2.04. The van der Waals surface area contributed by atoms with Gasteiger partial charge in [0, 0.05) is 13.0 Å². The lowest BCUT2D eigenvalue weighted by atomic mass is 10.2. The molecule has 0 spiro atoms. The Balaban J connectivity index is -0.000000145. The van der Waals surface area contributed by atoms with E-state index in [9.17, 15) is 4.79 Å². The van der Waals surface area contributed by atoms with Crippen LogP contribution in [0.3, 0.4) is 0 Å². The zero-order valence-corrected chi connectivity index (χ0v) is 19.4. The quantitative estimate of drug-likeness (QED) is 0.259. The van der Waals surface area contributed by atoms with E-state index in [1.54, 1.807) is 0 Å². The predicted octanol–water partition coefficient (Wildman–Crippen LogP) is 6.98. The van der Waals surface area contributed by atoms with E-state index >= 15 is 0 Å². The topological polar surface area (TPSA) is 50.7 Å². The van der Waals surface area contributed by atoms with E-state index in [0.29, 0.717) is 13.0 Å². The summed E-state index contributed by atoms with van der Waals surface area (Å²) in [6.07, 6.45) is 5.19. The summed E-state index contributed by atoms with van der Waals surface area (Å²) < 4.78 is 0. The molecule has 1 amide bonds. The fraction of sp³-hybridized carbons (Fsp3) is 0.905. The standard InChI is InChI=1S/C13H26N2O2.4C2H6/c1-4-10-14-13(16)9-7-8-11-17-15-12(5-2)6-3;4*1-2/h4-11H2,1-3H3,(H,14,16);4*1-2H3. The van der Waals surface area contributed by atoms with Crippen molar-refractivity contribution in [3.8, 4) is 0 Å². The number of oxime groups is 1. The molecular weight excluding hydrogens is 312 g/mol. The number of hydrogen-bond acceptors (Lipinski definition) is 3. The maximum Gasteiger partial charge on any atom is 0.219 e. The van der Waals surface area contributed by atoms with Crippen LogP contribution in [0.25, 0.3) is 0 Å². The zero-order valence-electron chi connectivity index (χ0n) is 19.4. The zero-order chi connectivity index (χ0) is 20.9. The van der Waals surface area contributed by atoms with Crippen LogP contribution in [0.1, 0.15) is 115 Å². The molecule has 0 aromatic heterocycles. The molecule has 25 heavy (non-hydrogen) atoms. The van der Waals surface area contributed by atoms with Crippen molar-refractivity contribution in [2.24, 2.45) is 5.16 Å². The first-order valence-electron chi connectivity index (χ1n) is 10.7. The van der Waals surface area contributed by atoms with Crippen LogP contribution in [-0.2, 0) is 9.63 Å². The number of nitrogens with zero attached hydrogens (tertiary/aromatic N) is 1. The fourth-order valence-electron chi connectivity index (χ4n) is 1.32. The van der Waals surface area contributed by atoms with E-state index in [-0.39, 0.29) is 5.91 Å². The number of rotatable bonds is 10. The van der Waals surface area contributed by atoms with E-state index in [0.717, 1.165) is 44.4 Å². The third-order valence-corrected chi connectivity index (χ3v) is 2.47. The van der Waals surface area contributed by atoms with Crippen LogP contribution in [0.4, 0.5) is 0 Å². The second-order valence-electron chi connectivity index (χ2n) is 4.00. The molecule has 0 atom stereocenters. The lowest BCUT2D eigenvalue weighted by Crippen LogP contribution is -2.23. The molecule has 0 bridgehead atoms. The SMILES string of the molecule is CC.CC.CC.CC.CCCNC(=O)CCCCON=C(CC)CC. The molecule has 0 aromatic carbocycles. The van der Waals surface area contributed by atoms with Gasteiger partial charge in [0.05, 0.1) is 5.71 Å². The summed E-state index contributed by atoms with van der Waals surface area (Å²) in [5.74, 6) is 0.137. The minimum Gasteiger partial charge on any atom is -0.396 e. The van der Waals surface area contributed by atoms with Crippen LogP contribution < -0.4 is 5.32 Å². The van der Waals surface area contributed by atoms with Crippen LogP contribution in [0.15, 0.2) is 5.16 Å². The second kappa shape index (κ2) is 43.5. The molecule has 4 nitrogen and oxygen atoms in total. The van der Waals surface area contributed by atoms with E-state index in [2.05, 4.69) is 24.3 Å². The Kier molecular flexibility index (Phi) is 61.1. The third kappa shape index (κ3) is 39.6. The first-order valence-corrected chi connectivity index (χ1v) is 10.7. The van der Waals surface area contributed by atoms with Crippen LogP contribution in [0, 0.1) is 0 Å². The maximum absolute atomic E-state index is 11.3. The van der Waals surface area contributed by atoms with Crippen LogP contribution in [0.5, 0.6) is 0 Å². The lowest BCUT2D eigenvalue weighted by molar-refractivity contribution is -0.121. The van der Waals surface area contributed by atoms with Gasteiger partial charge in [-0.1, -0.05) is 81.3 Å². The van der Waals surface area contributed by atoms with Crippen molar-refractivity contribution in [3.05, 3.63) is 0 Å². The Morgan fingerprint density at radius 3 is 1.72 bits per heavy atom. The van der Waals surface area contributed by atoms with E-state index in [4.69, 9.17) is 4.84 Å². The molecule has 4 heteroatoms. The molecule has 156 valence electrons. The summed E-state index contributed by atoms with van der Waals surface area (Å²) in [6.45, 7) is 23.6. The highest BCUT2D eigenvalue weighted by Crippen LogP contribution is 1.98. The average Bonchev–Trinajstić information content (AvgIpc) is 2.72. The van der Waals surface area contributed by atoms with Crippen molar-refractivity contribution in [1.82, 2.24) is 5.32 Å². The Bertz CT molecular complexity index is 224. The molecule has 0 heterocycles. The highest BCUT2D eigenvalue weighted by atomic mass is 16.6. The third-order valence-electron chi connectivity index (χ3n) is 2.47. The average molecular weight is 363 g/mol. The van der Waals surface area contributed by atoms with Gasteiger partial charge in [0.25, 0.3) is 0 Å². The minimum absolute atomic E-state index is 0.137. The van der Waals surface area contributed by atoms with Gasteiger partial charge < -0.3 is 10.2 Å². The molecule has 0 unspecified atom stereocenters. The predicted molar refractivity (Wildman–Crippen MR) is 117 cm³/mol. The van der Waals surface area contributed by atoms with Gasteiger partial charge in [-0.25, -0.2) is 0 Å². The largest absolute Gasteiger partial charge is 0.396 e. The summed E-state index contributed by atoms with van der Waals surface area (Å²) in [4.78, 5) is 16.5. The summed E-state index contributed by atoms with van der Waals surface area (Å²) >= 11 is 0. The molecular formula is C21H50N2O2. The van der Waals surface area contributed by atoms with Crippen LogP contribution >= 0.6 is 0 Å². The molecule has 1 N–H and O–H groups in total. The first-order chi connectivity index (χ1) is 12.2. The Labute approximate surface area is 160 Å². The molecule has 0 aliphatic carbocycles. The maximum atomic E-state index is 11.3. The van der Waals surface area contributed by atoms with Gasteiger partial charge in [-0.05, 0) is 32.1 Å².